The minimum atomic E-state index is 0.123. The average molecular weight is 324 g/mol. The van der Waals surface area contributed by atoms with E-state index in [9.17, 15) is 0 Å². The van der Waals surface area contributed by atoms with Gasteiger partial charge in [0.25, 0.3) is 0 Å². The molecule has 2 rings (SSSR count). The fraction of sp³-hybridized carbons (Fsp3) is 0.450. The third kappa shape index (κ3) is 4.63. The molecule has 0 atom stereocenters. The Balaban J connectivity index is 2.23. The molecule has 0 bridgehead atoms. The second-order valence-electron chi connectivity index (χ2n) is 7.02. The van der Waals surface area contributed by atoms with Crippen molar-refractivity contribution in [1.29, 1.82) is 0 Å². The minimum Gasteiger partial charge on any atom is -0.245 e. The molecule has 0 aliphatic carbocycles. The molecule has 4 heteroatoms. The molecular weight excluding hydrogens is 296 g/mol. The highest BCUT2D eigenvalue weighted by molar-refractivity contribution is 5.99. The van der Waals surface area contributed by atoms with Crippen molar-refractivity contribution < 1.29 is 0 Å². The van der Waals surface area contributed by atoms with Gasteiger partial charge in [0.05, 0.1) is 5.71 Å². The molecule has 1 heterocycles. The number of aryl methyl sites for hydroxylation is 2. The largest absolute Gasteiger partial charge is 0.245 e. The molecule has 0 aliphatic heterocycles. The van der Waals surface area contributed by atoms with E-state index in [1.807, 2.05) is 6.92 Å². The number of nitrogens with one attached hydrogen (secondary N) is 1. The molecule has 4 nitrogen and oxygen atoms in total. The summed E-state index contributed by atoms with van der Waals surface area (Å²) in [6.07, 6.45) is 1.78. The van der Waals surface area contributed by atoms with Crippen LogP contribution in [0.25, 0.3) is 0 Å². The van der Waals surface area contributed by atoms with Gasteiger partial charge >= 0.3 is 0 Å². The molecule has 128 valence electrons. The van der Waals surface area contributed by atoms with Crippen molar-refractivity contribution in [2.45, 2.75) is 59.8 Å². The summed E-state index contributed by atoms with van der Waals surface area (Å²) in [4.78, 5) is 8.99. The first-order valence-electron chi connectivity index (χ1n) is 8.61. The predicted molar refractivity (Wildman–Crippen MR) is 102 cm³/mol. The molecule has 0 saturated heterocycles. The Kier molecular flexibility index (Phi) is 5.71. The van der Waals surface area contributed by atoms with Gasteiger partial charge in [-0.1, -0.05) is 52.8 Å². The van der Waals surface area contributed by atoms with Crippen LogP contribution in [0.4, 0.5) is 5.95 Å². The zero-order chi connectivity index (χ0) is 17.7. The smallest absolute Gasteiger partial charge is 0.243 e. The first-order valence-corrected chi connectivity index (χ1v) is 8.61. The van der Waals surface area contributed by atoms with Crippen LogP contribution in [0.2, 0.25) is 0 Å². The lowest BCUT2D eigenvalue weighted by Gasteiger charge is -2.19. The average Bonchev–Trinajstić information content (AvgIpc) is 2.58. The summed E-state index contributed by atoms with van der Waals surface area (Å²) in [7, 11) is 0. The molecule has 1 aromatic carbocycles. The molecule has 0 spiro atoms. The van der Waals surface area contributed by atoms with E-state index in [0.29, 0.717) is 5.95 Å². The van der Waals surface area contributed by atoms with Gasteiger partial charge in [0.2, 0.25) is 5.95 Å². The lowest BCUT2D eigenvalue weighted by atomic mass is 9.86. The zero-order valence-electron chi connectivity index (χ0n) is 15.6. The Bertz CT molecular complexity index is 704. The molecule has 0 aliphatic rings. The van der Waals surface area contributed by atoms with Crippen LogP contribution >= 0.6 is 0 Å². The Morgan fingerprint density at radius 3 is 2.21 bits per heavy atom. The summed E-state index contributed by atoms with van der Waals surface area (Å²) >= 11 is 0. The van der Waals surface area contributed by atoms with Crippen molar-refractivity contribution in [2.75, 3.05) is 5.43 Å². The SMILES string of the molecule is CCc1cc(CC)nc(NN=C(C)c2cccc(C(C)(C)C)c2)n1. The van der Waals surface area contributed by atoms with Gasteiger partial charge in [-0.3, -0.25) is 0 Å². The van der Waals surface area contributed by atoms with Crippen LogP contribution in [0.5, 0.6) is 0 Å². The van der Waals surface area contributed by atoms with E-state index in [-0.39, 0.29) is 5.41 Å². The van der Waals surface area contributed by atoms with Gasteiger partial charge in [-0.05, 0) is 48.4 Å². The first kappa shape index (κ1) is 18.1. The standard InChI is InChI=1S/C20H28N4/c1-7-17-13-18(8-2)22-19(21-17)24-23-14(3)15-10-9-11-16(12-15)20(4,5)6/h9-13H,7-8H2,1-6H3,(H,21,22,24). The van der Waals surface area contributed by atoms with Crippen molar-refractivity contribution in [2.24, 2.45) is 5.10 Å². The Morgan fingerprint density at radius 2 is 1.67 bits per heavy atom. The van der Waals surface area contributed by atoms with E-state index in [4.69, 9.17) is 0 Å². The normalized spacial score (nSPS) is 12.3. The van der Waals surface area contributed by atoms with Gasteiger partial charge in [0, 0.05) is 11.4 Å². The summed E-state index contributed by atoms with van der Waals surface area (Å²) in [6.45, 7) is 12.8. The number of hydrazone groups is 1. The number of anilines is 1. The molecule has 0 amide bonds. The monoisotopic (exact) mass is 324 g/mol. The molecule has 0 saturated carbocycles. The topological polar surface area (TPSA) is 50.2 Å². The molecule has 1 aromatic heterocycles. The van der Waals surface area contributed by atoms with Crippen molar-refractivity contribution in [3.63, 3.8) is 0 Å². The van der Waals surface area contributed by atoms with Gasteiger partial charge < -0.3 is 0 Å². The summed E-state index contributed by atoms with van der Waals surface area (Å²) < 4.78 is 0. The Hall–Kier alpha value is -2.23. The number of nitrogens with zero attached hydrogens (tertiary/aromatic N) is 3. The van der Waals surface area contributed by atoms with E-state index < -0.39 is 0 Å². The van der Waals surface area contributed by atoms with Crippen molar-refractivity contribution in [3.8, 4) is 0 Å². The van der Waals surface area contributed by atoms with Gasteiger partial charge in [0.1, 0.15) is 0 Å². The second-order valence-corrected chi connectivity index (χ2v) is 7.02. The molecule has 0 fully saturated rings. The van der Waals surface area contributed by atoms with Crippen LogP contribution in [-0.2, 0) is 18.3 Å². The van der Waals surface area contributed by atoms with Gasteiger partial charge in [0.15, 0.2) is 0 Å². The fourth-order valence-electron chi connectivity index (χ4n) is 2.38. The summed E-state index contributed by atoms with van der Waals surface area (Å²) in [5, 5.41) is 4.48. The summed E-state index contributed by atoms with van der Waals surface area (Å²) in [5.74, 6) is 0.567. The highest BCUT2D eigenvalue weighted by Crippen LogP contribution is 2.23. The number of aromatic nitrogens is 2. The number of hydrogen-bond acceptors (Lipinski definition) is 4. The molecular formula is C20H28N4. The lowest BCUT2D eigenvalue weighted by molar-refractivity contribution is 0.590. The molecule has 2 aromatic rings. The van der Waals surface area contributed by atoms with E-state index in [1.54, 1.807) is 0 Å². The van der Waals surface area contributed by atoms with Crippen molar-refractivity contribution in [3.05, 3.63) is 52.8 Å². The maximum atomic E-state index is 4.49. The van der Waals surface area contributed by atoms with Crippen LogP contribution in [0.3, 0.4) is 0 Å². The Morgan fingerprint density at radius 1 is 1.04 bits per heavy atom. The van der Waals surface area contributed by atoms with Gasteiger partial charge in [-0.2, -0.15) is 5.10 Å². The number of rotatable bonds is 5. The van der Waals surface area contributed by atoms with E-state index >= 15 is 0 Å². The lowest BCUT2D eigenvalue weighted by Crippen LogP contribution is -2.12. The molecule has 24 heavy (non-hydrogen) atoms. The molecule has 0 radical (unpaired) electrons. The maximum Gasteiger partial charge on any atom is 0.243 e. The van der Waals surface area contributed by atoms with Gasteiger partial charge in [-0.15, -0.1) is 0 Å². The molecule has 1 N–H and O–H groups in total. The number of benzene rings is 1. The fourth-order valence-corrected chi connectivity index (χ4v) is 2.38. The third-order valence-electron chi connectivity index (χ3n) is 4.03. The van der Waals surface area contributed by atoms with Gasteiger partial charge in [-0.25, -0.2) is 15.4 Å². The van der Waals surface area contributed by atoms with Crippen LogP contribution in [0.1, 0.15) is 64.1 Å². The predicted octanol–water partition coefficient (Wildman–Crippen LogP) is 4.74. The van der Waals surface area contributed by atoms with Crippen LogP contribution in [-0.4, -0.2) is 15.7 Å². The second kappa shape index (κ2) is 7.56. The van der Waals surface area contributed by atoms with E-state index in [0.717, 1.165) is 35.5 Å². The maximum absolute atomic E-state index is 4.49. The summed E-state index contributed by atoms with van der Waals surface area (Å²) in [5.41, 5.74) is 8.54. The highest BCUT2D eigenvalue weighted by Gasteiger charge is 2.14. The summed E-state index contributed by atoms with van der Waals surface area (Å²) in [6, 6.07) is 10.6. The zero-order valence-corrected chi connectivity index (χ0v) is 15.6. The van der Waals surface area contributed by atoms with E-state index in [1.165, 1.54) is 5.56 Å². The van der Waals surface area contributed by atoms with Crippen molar-refractivity contribution in [1.82, 2.24) is 9.97 Å². The van der Waals surface area contributed by atoms with Crippen molar-refractivity contribution >= 4 is 11.7 Å². The third-order valence-corrected chi connectivity index (χ3v) is 4.03. The van der Waals surface area contributed by atoms with Crippen LogP contribution in [0.15, 0.2) is 35.4 Å². The molecule has 0 unspecified atom stereocenters. The Labute approximate surface area is 145 Å². The number of hydrogen-bond donors (Lipinski definition) is 1. The van der Waals surface area contributed by atoms with Crippen LogP contribution in [0, 0.1) is 0 Å². The van der Waals surface area contributed by atoms with Crippen LogP contribution < -0.4 is 5.43 Å². The van der Waals surface area contributed by atoms with E-state index in [2.05, 4.69) is 85.4 Å². The highest BCUT2D eigenvalue weighted by atomic mass is 15.4. The minimum absolute atomic E-state index is 0.123. The first-order chi connectivity index (χ1) is 11.3. The quantitative estimate of drug-likeness (QED) is 0.638.